The molecular weight excluding hydrogens is 268 g/mol. The minimum atomic E-state index is -3.62. The van der Waals surface area contributed by atoms with Crippen LogP contribution in [0.1, 0.15) is 11.4 Å². The highest BCUT2D eigenvalue weighted by Crippen LogP contribution is 2.17. The molecule has 0 bridgehead atoms. The van der Waals surface area contributed by atoms with Crippen LogP contribution in [-0.4, -0.2) is 61.8 Å². The van der Waals surface area contributed by atoms with Crippen molar-refractivity contribution in [3.8, 4) is 0 Å². The number of aromatic nitrogens is 2. The van der Waals surface area contributed by atoms with E-state index in [1.54, 1.807) is 11.9 Å². The number of rotatable bonds is 4. The minimum Gasteiger partial charge on any atom is -0.325 e. The summed E-state index contributed by atoms with van der Waals surface area (Å²) in [6, 6.07) is 0. The number of nitrogens with one attached hydrogen (secondary N) is 2. The number of sulfonamides is 1. The van der Waals surface area contributed by atoms with Gasteiger partial charge in [0, 0.05) is 32.7 Å². The Labute approximate surface area is 113 Å². The van der Waals surface area contributed by atoms with E-state index in [-0.39, 0.29) is 11.4 Å². The molecule has 0 spiro atoms. The van der Waals surface area contributed by atoms with Crippen molar-refractivity contribution in [1.82, 2.24) is 24.9 Å². The second-order valence-corrected chi connectivity index (χ2v) is 6.31. The first-order chi connectivity index (χ1) is 8.94. The molecular formula is C10H20N6O2S. The summed E-state index contributed by atoms with van der Waals surface area (Å²) in [7, 11) is -1.61. The van der Waals surface area contributed by atoms with E-state index in [0.717, 1.165) is 13.1 Å². The zero-order valence-electron chi connectivity index (χ0n) is 11.2. The van der Waals surface area contributed by atoms with Crippen LogP contribution in [0.3, 0.4) is 0 Å². The molecule has 0 unspecified atom stereocenters. The van der Waals surface area contributed by atoms with Gasteiger partial charge < -0.3 is 10.6 Å². The second kappa shape index (κ2) is 5.55. The molecule has 8 nitrogen and oxygen atoms in total. The highest BCUT2D eigenvalue weighted by Gasteiger charge is 2.27. The number of hydrogen-bond donors (Lipinski definition) is 3. The molecule has 1 aromatic rings. The Kier molecular flexibility index (Phi) is 4.21. The van der Waals surface area contributed by atoms with Gasteiger partial charge in [0.05, 0.1) is 11.4 Å². The summed E-state index contributed by atoms with van der Waals surface area (Å²) in [5.41, 5.74) is 6.38. The van der Waals surface area contributed by atoms with E-state index in [0.29, 0.717) is 24.5 Å². The molecule has 0 aromatic carbocycles. The molecule has 4 N–H and O–H groups in total. The first-order valence-corrected chi connectivity index (χ1v) is 7.62. The van der Waals surface area contributed by atoms with Crippen LogP contribution in [0.4, 0.5) is 0 Å². The van der Waals surface area contributed by atoms with Crippen molar-refractivity contribution in [2.24, 2.45) is 5.73 Å². The maximum Gasteiger partial charge on any atom is 0.257 e. The topological polar surface area (TPSA) is 107 Å². The summed E-state index contributed by atoms with van der Waals surface area (Å²) in [5.74, 6) is 0. The molecule has 1 aromatic heterocycles. The van der Waals surface area contributed by atoms with Gasteiger partial charge >= 0.3 is 0 Å². The van der Waals surface area contributed by atoms with E-state index in [4.69, 9.17) is 5.73 Å². The largest absolute Gasteiger partial charge is 0.325 e. The number of hydrazine groups is 1. The van der Waals surface area contributed by atoms with Crippen molar-refractivity contribution in [1.29, 1.82) is 0 Å². The minimum absolute atomic E-state index is 0.0866. The molecule has 0 aliphatic carbocycles. The van der Waals surface area contributed by atoms with Gasteiger partial charge in [0.25, 0.3) is 10.0 Å². The highest BCUT2D eigenvalue weighted by atomic mass is 32.2. The van der Waals surface area contributed by atoms with Gasteiger partial charge in [-0.2, -0.15) is 5.10 Å². The van der Waals surface area contributed by atoms with Gasteiger partial charge in [0.2, 0.25) is 0 Å². The third-order valence-corrected chi connectivity index (χ3v) is 4.75. The fourth-order valence-electron chi connectivity index (χ4n) is 2.08. The summed E-state index contributed by atoms with van der Waals surface area (Å²) >= 11 is 0. The number of piperazine rings is 1. The normalized spacial score (nSPS) is 18.9. The Hall–Kier alpha value is -1.00. The summed E-state index contributed by atoms with van der Waals surface area (Å²) in [6.45, 7) is 4.73. The predicted molar refractivity (Wildman–Crippen MR) is 70.6 cm³/mol. The number of aromatic amines is 1. The van der Waals surface area contributed by atoms with Gasteiger partial charge in [-0.25, -0.2) is 13.4 Å². The predicted octanol–water partition coefficient (Wildman–Crippen LogP) is -1.38. The quantitative estimate of drug-likeness (QED) is 0.630. The van der Waals surface area contributed by atoms with E-state index in [2.05, 4.69) is 19.9 Å². The maximum atomic E-state index is 12.4. The fraction of sp³-hybridized carbons (Fsp3) is 0.700. The fourth-order valence-corrected chi connectivity index (χ4v) is 3.58. The van der Waals surface area contributed by atoms with Crippen LogP contribution in [0.2, 0.25) is 0 Å². The van der Waals surface area contributed by atoms with E-state index in [1.807, 2.05) is 7.05 Å². The lowest BCUT2D eigenvalue weighted by molar-refractivity contribution is 0.135. The van der Waals surface area contributed by atoms with Crippen molar-refractivity contribution in [2.75, 3.05) is 33.2 Å². The molecule has 0 radical (unpaired) electrons. The lowest BCUT2D eigenvalue weighted by Gasteiger charge is -2.32. The van der Waals surface area contributed by atoms with Crippen LogP contribution < -0.4 is 10.6 Å². The molecule has 2 rings (SSSR count). The number of H-pyrrole nitrogens is 1. The van der Waals surface area contributed by atoms with E-state index in [9.17, 15) is 8.42 Å². The Morgan fingerprint density at radius 3 is 2.58 bits per heavy atom. The van der Waals surface area contributed by atoms with Crippen LogP contribution >= 0.6 is 0 Å². The lowest BCUT2D eigenvalue weighted by atomic mass is 10.4. The summed E-state index contributed by atoms with van der Waals surface area (Å²) in [6.07, 6.45) is 0. The van der Waals surface area contributed by atoms with Crippen LogP contribution in [0.25, 0.3) is 0 Å². The number of nitrogens with zero attached hydrogens (tertiary/aromatic N) is 3. The third kappa shape index (κ3) is 3.12. The molecule has 0 saturated carbocycles. The zero-order valence-corrected chi connectivity index (χ0v) is 12.0. The molecule has 1 fully saturated rings. The van der Waals surface area contributed by atoms with Crippen molar-refractivity contribution >= 4 is 10.0 Å². The Morgan fingerprint density at radius 2 is 2.00 bits per heavy atom. The molecule has 0 amide bonds. The van der Waals surface area contributed by atoms with E-state index >= 15 is 0 Å². The number of nitrogens with two attached hydrogens (primary N) is 1. The SMILES string of the molecule is Cc1[nH]nc(CN)c1S(=O)(=O)NN1CCN(C)CC1. The molecule has 19 heavy (non-hydrogen) atoms. The molecule has 0 atom stereocenters. The average Bonchev–Trinajstić information content (AvgIpc) is 2.74. The van der Waals surface area contributed by atoms with Crippen LogP contribution in [0.15, 0.2) is 4.90 Å². The monoisotopic (exact) mass is 288 g/mol. The average molecular weight is 288 g/mol. The highest BCUT2D eigenvalue weighted by molar-refractivity contribution is 7.89. The lowest BCUT2D eigenvalue weighted by Crippen LogP contribution is -2.52. The smallest absolute Gasteiger partial charge is 0.257 e. The molecule has 1 saturated heterocycles. The first kappa shape index (κ1) is 14.4. The van der Waals surface area contributed by atoms with Crippen molar-refractivity contribution in [3.63, 3.8) is 0 Å². The van der Waals surface area contributed by atoms with E-state index < -0.39 is 10.0 Å². The number of aryl methyl sites for hydroxylation is 1. The van der Waals surface area contributed by atoms with E-state index in [1.165, 1.54) is 0 Å². The van der Waals surface area contributed by atoms with Gasteiger partial charge in [0.1, 0.15) is 4.90 Å². The second-order valence-electron chi connectivity index (χ2n) is 4.71. The summed E-state index contributed by atoms with van der Waals surface area (Å²) < 4.78 is 24.7. The molecule has 9 heteroatoms. The first-order valence-electron chi connectivity index (χ1n) is 6.14. The van der Waals surface area contributed by atoms with Crippen LogP contribution in [-0.2, 0) is 16.6 Å². The number of hydrogen-bond acceptors (Lipinski definition) is 6. The Bertz CT molecular complexity index is 532. The standard InChI is InChI=1S/C10H20N6O2S/c1-8-10(9(7-11)13-12-8)19(17,18)14-16-5-3-15(2)4-6-16/h14H,3-7,11H2,1-2H3,(H,12,13). The zero-order chi connectivity index (χ0) is 14.0. The molecule has 2 heterocycles. The molecule has 1 aliphatic rings. The van der Waals surface area contributed by atoms with Gasteiger partial charge in [-0.15, -0.1) is 4.83 Å². The maximum absolute atomic E-state index is 12.4. The van der Waals surface area contributed by atoms with Crippen molar-refractivity contribution in [3.05, 3.63) is 11.4 Å². The van der Waals surface area contributed by atoms with Crippen molar-refractivity contribution in [2.45, 2.75) is 18.4 Å². The third-order valence-electron chi connectivity index (χ3n) is 3.18. The molecule has 108 valence electrons. The van der Waals surface area contributed by atoms with Gasteiger partial charge in [0.15, 0.2) is 0 Å². The Morgan fingerprint density at radius 1 is 1.37 bits per heavy atom. The molecule has 1 aliphatic heterocycles. The van der Waals surface area contributed by atoms with Gasteiger partial charge in [-0.3, -0.25) is 5.10 Å². The van der Waals surface area contributed by atoms with Crippen LogP contribution in [0, 0.1) is 6.92 Å². The summed E-state index contributed by atoms with van der Waals surface area (Å²) in [4.78, 5) is 4.91. The van der Waals surface area contributed by atoms with Gasteiger partial charge in [-0.1, -0.05) is 0 Å². The summed E-state index contributed by atoms with van der Waals surface area (Å²) in [5, 5.41) is 8.28. The van der Waals surface area contributed by atoms with Gasteiger partial charge in [-0.05, 0) is 14.0 Å². The van der Waals surface area contributed by atoms with Crippen LogP contribution in [0.5, 0.6) is 0 Å². The van der Waals surface area contributed by atoms with Crippen molar-refractivity contribution < 1.29 is 8.42 Å². The number of likely N-dealkylation sites (N-methyl/N-ethyl adjacent to an activating group) is 1. The Balaban J connectivity index is 2.16.